The summed E-state index contributed by atoms with van der Waals surface area (Å²) in [6, 6.07) is 8.75. The molecular weight excluding hydrogens is 336 g/mol. The summed E-state index contributed by atoms with van der Waals surface area (Å²) < 4.78 is 14.9. The molecule has 0 amide bonds. The fourth-order valence-corrected chi connectivity index (χ4v) is 2.63. The highest BCUT2D eigenvalue weighted by Crippen LogP contribution is 2.38. The smallest absolute Gasteiger partial charge is 0.339 e. The first-order chi connectivity index (χ1) is 12.5. The molecule has 0 spiro atoms. The normalized spacial score (nSPS) is 10.7. The number of carbonyl (C=O) groups excluding carboxylic acids is 3. The van der Waals surface area contributed by atoms with Crippen LogP contribution < -0.4 is 0 Å². The molecule has 2 rings (SSSR count). The molecule has 6 nitrogen and oxygen atoms in total. The number of rotatable bonds is 6. The van der Waals surface area contributed by atoms with Gasteiger partial charge in [0, 0.05) is 11.6 Å². The van der Waals surface area contributed by atoms with E-state index in [0.29, 0.717) is 11.1 Å². The molecule has 0 aromatic rings. The quantitative estimate of drug-likeness (QED) is 0.449. The van der Waals surface area contributed by atoms with Gasteiger partial charge in [0.1, 0.15) is 0 Å². The van der Waals surface area contributed by atoms with Crippen LogP contribution in [0.4, 0.5) is 0 Å². The summed E-state index contributed by atoms with van der Waals surface area (Å²) in [7, 11) is 1.24. The van der Waals surface area contributed by atoms with Crippen LogP contribution in [0.15, 0.2) is 36.4 Å². The topological polar surface area (TPSA) is 78.9 Å². The molecule has 0 radical (unpaired) electrons. The Bertz CT molecular complexity index is 768. The van der Waals surface area contributed by atoms with Gasteiger partial charge in [0.25, 0.3) is 0 Å². The molecule has 2 aliphatic rings. The second-order valence-electron chi connectivity index (χ2n) is 5.20. The molecule has 136 valence electrons. The first-order valence-corrected chi connectivity index (χ1v) is 8.20. The maximum atomic E-state index is 12.6. The van der Waals surface area contributed by atoms with Gasteiger partial charge in [-0.1, -0.05) is 30.3 Å². The molecule has 26 heavy (non-hydrogen) atoms. The van der Waals surface area contributed by atoms with Gasteiger partial charge >= 0.3 is 17.9 Å². The van der Waals surface area contributed by atoms with Crippen molar-refractivity contribution in [3.05, 3.63) is 53.1 Å². The lowest BCUT2D eigenvalue weighted by Crippen LogP contribution is -2.09. The van der Waals surface area contributed by atoms with Crippen LogP contribution in [-0.2, 0) is 19.0 Å². The molecular formula is C20H20O6. The molecule has 0 N–H and O–H groups in total. The monoisotopic (exact) mass is 356 g/mol. The molecule has 0 atom stereocenters. The SMILES string of the molecule is CCOC(=O)c1c2cccccc-2c(C(=O)OCC)c1/C=C/C(=O)OC. The van der Waals surface area contributed by atoms with Crippen LogP contribution in [0.25, 0.3) is 17.2 Å². The van der Waals surface area contributed by atoms with E-state index in [2.05, 4.69) is 4.74 Å². The highest BCUT2D eigenvalue weighted by Gasteiger charge is 2.30. The van der Waals surface area contributed by atoms with Crippen molar-refractivity contribution in [3.8, 4) is 11.1 Å². The number of fused-ring (bicyclic) bond motifs is 1. The molecule has 0 saturated heterocycles. The van der Waals surface area contributed by atoms with Gasteiger partial charge in [-0.15, -0.1) is 0 Å². The molecule has 0 heterocycles. The highest BCUT2D eigenvalue weighted by molar-refractivity contribution is 6.13. The van der Waals surface area contributed by atoms with E-state index in [4.69, 9.17) is 9.47 Å². The predicted molar refractivity (Wildman–Crippen MR) is 96.0 cm³/mol. The fraction of sp³-hybridized carbons (Fsp3) is 0.250. The fourth-order valence-electron chi connectivity index (χ4n) is 2.63. The highest BCUT2D eigenvalue weighted by atomic mass is 16.5. The molecule has 0 aromatic heterocycles. The zero-order valence-corrected chi connectivity index (χ0v) is 14.9. The number of methoxy groups -OCH3 is 1. The van der Waals surface area contributed by atoms with Gasteiger partial charge in [-0.2, -0.15) is 0 Å². The van der Waals surface area contributed by atoms with E-state index < -0.39 is 17.9 Å². The van der Waals surface area contributed by atoms with Crippen LogP contribution in [0.3, 0.4) is 0 Å². The first-order valence-electron chi connectivity index (χ1n) is 8.20. The Balaban J connectivity index is 2.80. The Kier molecular flexibility index (Phi) is 6.49. The largest absolute Gasteiger partial charge is 0.466 e. The molecule has 6 heteroatoms. The lowest BCUT2D eigenvalue weighted by atomic mass is 10.1. The summed E-state index contributed by atoms with van der Waals surface area (Å²) in [6.45, 7) is 3.75. The lowest BCUT2D eigenvalue weighted by Gasteiger charge is -2.04. The summed E-state index contributed by atoms with van der Waals surface area (Å²) in [4.78, 5) is 36.7. The summed E-state index contributed by atoms with van der Waals surface area (Å²) in [5.74, 6) is -1.77. The van der Waals surface area contributed by atoms with Crippen molar-refractivity contribution in [2.45, 2.75) is 13.8 Å². The first kappa shape index (κ1) is 19.2. The van der Waals surface area contributed by atoms with Crippen molar-refractivity contribution in [2.75, 3.05) is 20.3 Å². The third-order valence-electron chi connectivity index (χ3n) is 3.66. The van der Waals surface area contributed by atoms with E-state index >= 15 is 0 Å². The van der Waals surface area contributed by atoms with E-state index in [9.17, 15) is 14.4 Å². The van der Waals surface area contributed by atoms with E-state index in [-0.39, 0.29) is 29.9 Å². The third kappa shape index (κ3) is 3.91. The summed E-state index contributed by atoms with van der Waals surface area (Å²) in [5, 5.41) is 0. The van der Waals surface area contributed by atoms with E-state index in [0.717, 1.165) is 6.08 Å². The Hall–Kier alpha value is -3.15. The summed E-state index contributed by atoms with van der Waals surface area (Å²) >= 11 is 0. The summed E-state index contributed by atoms with van der Waals surface area (Å²) in [5.41, 5.74) is 1.78. The van der Waals surface area contributed by atoms with Crippen molar-refractivity contribution >= 4 is 24.0 Å². The maximum absolute atomic E-state index is 12.6. The molecule has 0 fully saturated rings. The minimum absolute atomic E-state index is 0.180. The molecule has 0 aliphatic heterocycles. The second kappa shape index (κ2) is 8.80. The number of esters is 3. The number of carbonyl (C=O) groups is 3. The molecule has 2 aliphatic carbocycles. The molecule has 0 bridgehead atoms. The van der Waals surface area contributed by atoms with Crippen LogP contribution in [0.1, 0.15) is 40.1 Å². The predicted octanol–water partition coefficient (Wildman–Crippen LogP) is 3.33. The average Bonchev–Trinajstić information content (AvgIpc) is 2.75. The standard InChI is InChI=1S/C20H20O6/c1-4-25-19(22)17-13-9-7-6-8-10-14(13)18(20(23)26-5-2)15(17)11-12-16(21)24-3/h6-12H,4-5H2,1-3H3/b12-11+. The Morgan fingerprint density at radius 2 is 1.38 bits per heavy atom. The van der Waals surface area contributed by atoms with E-state index in [1.807, 2.05) is 0 Å². The Morgan fingerprint density at radius 1 is 0.885 bits per heavy atom. The van der Waals surface area contributed by atoms with Crippen LogP contribution >= 0.6 is 0 Å². The average molecular weight is 356 g/mol. The maximum Gasteiger partial charge on any atom is 0.339 e. The molecule has 0 saturated carbocycles. The Morgan fingerprint density at radius 3 is 1.81 bits per heavy atom. The minimum atomic E-state index is -0.606. The van der Waals surface area contributed by atoms with Crippen molar-refractivity contribution in [2.24, 2.45) is 0 Å². The van der Waals surface area contributed by atoms with Crippen molar-refractivity contribution in [3.63, 3.8) is 0 Å². The van der Waals surface area contributed by atoms with Gasteiger partial charge < -0.3 is 14.2 Å². The van der Waals surface area contributed by atoms with E-state index in [1.165, 1.54) is 13.2 Å². The van der Waals surface area contributed by atoms with Crippen molar-refractivity contribution in [1.82, 2.24) is 0 Å². The van der Waals surface area contributed by atoms with Gasteiger partial charge in [-0.05, 0) is 31.1 Å². The van der Waals surface area contributed by atoms with Gasteiger partial charge in [-0.25, -0.2) is 14.4 Å². The molecule has 0 aromatic carbocycles. The van der Waals surface area contributed by atoms with Crippen molar-refractivity contribution in [1.29, 1.82) is 0 Å². The molecule has 0 unspecified atom stereocenters. The second-order valence-corrected chi connectivity index (χ2v) is 5.20. The van der Waals surface area contributed by atoms with E-state index in [1.54, 1.807) is 44.2 Å². The van der Waals surface area contributed by atoms with Crippen LogP contribution in [-0.4, -0.2) is 38.2 Å². The number of hydrogen-bond acceptors (Lipinski definition) is 6. The van der Waals surface area contributed by atoms with Gasteiger partial charge in [0.05, 0.1) is 31.5 Å². The number of ether oxygens (including phenoxy) is 3. The van der Waals surface area contributed by atoms with Crippen LogP contribution in [0.5, 0.6) is 0 Å². The van der Waals surface area contributed by atoms with Crippen LogP contribution in [0.2, 0.25) is 0 Å². The van der Waals surface area contributed by atoms with Gasteiger partial charge in [0.2, 0.25) is 0 Å². The Labute approximate surface area is 151 Å². The van der Waals surface area contributed by atoms with Crippen LogP contribution in [0, 0.1) is 0 Å². The van der Waals surface area contributed by atoms with Gasteiger partial charge in [-0.3, -0.25) is 0 Å². The number of hydrogen-bond donors (Lipinski definition) is 0. The lowest BCUT2D eigenvalue weighted by molar-refractivity contribution is -0.134. The van der Waals surface area contributed by atoms with Gasteiger partial charge in [0.15, 0.2) is 0 Å². The minimum Gasteiger partial charge on any atom is -0.466 e. The third-order valence-corrected chi connectivity index (χ3v) is 3.66. The van der Waals surface area contributed by atoms with Crippen molar-refractivity contribution < 1.29 is 28.6 Å². The summed E-state index contributed by atoms with van der Waals surface area (Å²) in [6.07, 6.45) is 2.53. The zero-order valence-electron chi connectivity index (χ0n) is 14.9. The zero-order chi connectivity index (χ0) is 19.1.